The van der Waals surface area contributed by atoms with Crippen LogP contribution in [0.1, 0.15) is 26.5 Å². The quantitative estimate of drug-likeness (QED) is 0.670. The van der Waals surface area contributed by atoms with Gasteiger partial charge < -0.3 is 5.73 Å². The summed E-state index contributed by atoms with van der Waals surface area (Å²) in [5, 5.41) is 0. The highest BCUT2D eigenvalue weighted by molar-refractivity contribution is 5.41. The summed E-state index contributed by atoms with van der Waals surface area (Å²) < 4.78 is 0. The molecule has 0 saturated carbocycles. The fourth-order valence-electron chi connectivity index (χ4n) is 0.746. The standard InChI is InChI=1S/C7H10N2.C2H6/c1-2-7-6(8)4-3-5-9-7;1-2/h3-5H,2,8H2,1H3;1-2H3. The van der Waals surface area contributed by atoms with Crippen LogP contribution < -0.4 is 5.73 Å². The molecule has 0 aliphatic heterocycles. The smallest absolute Gasteiger partial charge is 0.0629 e. The molecule has 0 fully saturated rings. The van der Waals surface area contributed by atoms with E-state index in [1.807, 2.05) is 32.9 Å². The van der Waals surface area contributed by atoms with Crippen LogP contribution in [-0.2, 0) is 6.42 Å². The van der Waals surface area contributed by atoms with Gasteiger partial charge in [-0.05, 0) is 18.6 Å². The van der Waals surface area contributed by atoms with Crippen LogP contribution in [0.2, 0.25) is 0 Å². The fraction of sp³-hybridized carbons (Fsp3) is 0.444. The van der Waals surface area contributed by atoms with Crippen LogP contribution in [0, 0.1) is 0 Å². The summed E-state index contributed by atoms with van der Waals surface area (Å²) in [6.07, 6.45) is 2.67. The van der Waals surface area contributed by atoms with Crippen molar-refractivity contribution in [3.63, 3.8) is 0 Å². The van der Waals surface area contributed by atoms with Crippen molar-refractivity contribution in [1.29, 1.82) is 0 Å². The number of pyridine rings is 1. The number of aryl methyl sites for hydroxylation is 1. The number of nitrogen functional groups attached to an aromatic ring is 1. The van der Waals surface area contributed by atoms with Crippen molar-refractivity contribution in [3.05, 3.63) is 24.0 Å². The first kappa shape index (κ1) is 9.95. The molecule has 0 aliphatic carbocycles. The Hall–Kier alpha value is -1.05. The molecule has 0 radical (unpaired) electrons. The Labute approximate surface area is 68.5 Å². The molecule has 0 saturated heterocycles. The molecule has 1 aromatic heterocycles. The second-order valence-corrected chi connectivity index (χ2v) is 1.89. The van der Waals surface area contributed by atoms with Crippen LogP contribution in [-0.4, -0.2) is 4.98 Å². The van der Waals surface area contributed by atoms with Gasteiger partial charge in [0, 0.05) is 6.20 Å². The molecule has 0 aliphatic rings. The molecular formula is C9H16N2. The zero-order chi connectivity index (χ0) is 8.69. The third kappa shape index (κ3) is 3.03. The highest BCUT2D eigenvalue weighted by Crippen LogP contribution is 2.05. The van der Waals surface area contributed by atoms with Crippen LogP contribution in [0.5, 0.6) is 0 Å². The summed E-state index contributed by atoms with van der Waals surface area (Å²) in [7, 11) is 0. The number of aromatic nitrogens is 1. The number of nitrogens with zero attached hydrogens (tertiary/aromatic N) is 1. The normalized spacial score (nSPS) is 8.27. The van der Waals surface area contributed by atoms with Crippen LogP contribution in [0.3, 0.4) is 0 Å². The summed E-state index contributed by atoms with van der Waals surface area (Å²) in [6, 6.07) is 3.71. The first-order valence-electron chi connectivity index (χ1n) is 4.04. The number of hydrogen-bond donors (Lipinski definition) is 1. The zero-order valence-corrected chi connectivity index (χ0v) is 7.46. The van der Waals surface area contributed by atoms with Crippen molar-refractivity contribution in [2.45, 2.75) is 27.2 Å². The summed E-state index contributed by atoms with van der Waals surface area (Å²) in [5.41, 5.74) is 7.34. The molecule has 0 bridgehead atoms. The van der Waals surface area contributed by atoms with Crippen molar-refractivity contribution in [1.82, 2.24) is 4.98 Å². The minimum absolute atomic E-state index is 0.792. The van der Waals surface area contributed by atoms with Crippen molar-refractivity contribution >= 4 is 5.69 Å². The zero-order valence-electron chi connectivity index (χ0n) is 7.46. The lowest BCUT2D eigenvalue weighted by Crippen LogP contribution is -1.94. The maximum absolute atomic E-state index is 5.57. The van der Waals surface area contributed by atoms with Gasteiger partial charge in [-0.15, -0.1) is 0 Å². The fourth-order valence-corrected chi connectivity index (χ4v) is 0.746. The number of hydrogen-bond acceptors (Lipinski definition) is 2. The van der Waals surface area contributed by atoms with Gasteiger partial charge >= 0.3 is 0 Å². The predicted octanol–water partition coefficient (Wildman–Crippen LogP) is 2.25. The van der Waals surface area contributed by atoms with Gasteiger partial charge in [-0.3, -0.25) is 4.98 Å². The molecule has 0 aromatic carbocycles. The molecule has 62 valence electrons. The summed E-state index contributed by atoms with van der Waals surface area (Å²) >= 11 is 0. The van der Waals surface area contributed by atoms with E-state index in [-0.39, 0.29) is 0 Å². The van der Waals surface area contributed by atoms with E-state index >= 15 is 0 Å². The maximum Gasteiger partial charge on any atom is 0.0629 e. The highest BCUT2D eigenvalue weighted by Gasteiger charge is 1.92. The number of anilines is 1. The molecule has 0 unspecified atom stereocenters. The largest absolute Gasteiger partial charge is 0.397 e. The van der Waals surface area contributed by atoms with Gasteiger partial charge in [-0.25, -0.2) is 0 Å². The predicted molar refractivity (Wildman–Crippen MR) is 49.4 cm³/mol. The molecule has 1 heterocycles. The van der Waals surface area contributed by atoms with Gasteiger partial charge in [-0.1, -0.05) is 20.8 Å². The molecule has 0 atom stereocenters. The van der Waals surface area contributed by atoms with Crippen molar-refractivity contribution in [3.8, 4) is 0 Å². The Balaban J connectivity index is 0.000000461. The van der Waals surface area contributed by atoms with Gasteiger partial charge in [-0.2, -0.15) is 0 Å². The van der Waals surface area contributed by atoms with Crippen molar-refractivity contribution < 1.29 is 0 Å². The summed E-state index contributed by atoms with van der Waals surface area (Å²) in [4.78, 5) is 4.07. The number of rotatable bonds is 1. The van der Waals surface area contributed by atoms with Gasteiger partial charge in [0.1, 0.15) is 0 Å². The van der Waals surface area contributed by atoms with E-state index in [0.717, 1.165) is 17.8 Å². The minimum Gasteiger partial charge on any atom is -0.397 e. The van der Waals surface area contributed by atoms with Gasteiger partial charge in [0.15, 0.2) is 0 Å². The van der Waals surface area contributed by atoms with E-state index in [1.165, 1.54) is 0 Å². The summed E-state index contributed by atoms with van der Waals surface area (Å²) in [6.45, 7) is 6.04. The van der Waals surface area contributed by atoms with E-state index in [4.69, 9.17) is 5.73 Å². The Morgan fingerprint density at radius 2 is 2.09 bits per heavy atom. The average Bonchev–Trinajstić information content (AvgIpc) is 2.09. The molecular weight excluding hydrogens is 136 g/mol. The van der Waals surface area contributed by atoms with Gasteiger partial charge in [0.05, 0.1) is 11.4 Å². The van der Waals surface area contributed by atoms with E-state index in [2.05, 4.69) is 4.98 Å². The lowest BCUT2D eigenvalue weighted by Gasteiger charge is -1.97. The molecule has 11 heavy (non-hydrogen) atoms. The molecule has 0 spiro atoms. The maximum atomic E-state index is 5.57. The van der Waals surface area contributed by atoms with E-state index in [0.29, 0.717) is 0 Å². The van der Waals surface area contributed by atoms with E-state index in [1.54, 1.807) is 6.20 Å². The molecule has 0 amide bonds. The first-order chi connectivity index (χ1) is 5.34. The Bertz CT molecular complexity index is 197. The van der Waals surface area contributed by atoms with Crippen molar-refractivity contribution in [2.75, 3.05) is 5.73 Å². The molecule has 1 rings (SSSR count). The lowest BCUT2D eigenvalue weighted by atomic mass is 10.2. The Kier molecular flexibility index (Phi) is 5.17. The minimum atomic E-state index is 0.792. The number of nitrogens with two attached hydrogens (primary N) is 1. The molecule has 2 N–H and O–H groups in total. The van der Waals surface area contributed by atoms with E-state index < -0.39 is 0 Å². The monoisotopic (exact) mass is 152 g/mol. The highest BCUT2D eigenvalue weighted by atomic mass is 14.7. The summed E-state index contributed by atoms with van der Waals surface area (Å²) in [5.74, 6) is 0. The molecule has 2 nitrogen and oxygen atoms in total. The Morgan fingerprint density at radius 1 is 1.45 bits per heavy atom. The van der Waals surface area contributed by atoms with Crippen LogP contribution in [0.25, 0.3) is 0 Å². The third-order valence-electron chi connectivity index (χ3n) is 1.26. The van der Waals surface area contributed by atoms with Crippen molar-refractivity contribution in [2.24, 2.45) is 0 Å². The van der Waals surface area contributed by atoms with Gasteiger partial charge in [0.2, 0.25) is 0 Å². The van der Waals surface area contributed by atoms with Crippen LogP contribution in [0.4, 0.5) is 5.69 Å². The van der Waals surface area contributed by atoms with Crippen LogP contribution in [0.15, 0.2) is 18.3 Å². The second kappa shape index (κ2) is 5.71. The van der Waals surface area contributed by atoms with Gasteiger partial charge in [0.25, 0.3) is 0 Å². The molecule has 2 heteroatoms. The second-order valence-electron chi connectivity index (χ2n) is 1.89. The third-order valence-corrected chi connectivity index (χ3v) is 1.26. The lowest BCUT2D eigenvalue weighted by molar-refractivity contribution is 1.04. The Morgan fingerprint density at radius 3 is 2.45 bits per heavy atom. The molecule has 1 aromatic rings. The van der Waals surface area contributed by atoms with E-state index in [9.17, 15) is 0 Å². The SMILES string of the molecule is CC.CCc1ncccc1N. The topological polar surface area (TPSA) is 38.9 Å². The van der Waals surface area contributed by atoms with Crippen LogP contribution >= 0.6 is 0 Å². The first-order valence-corrected chi connectivity index (χ1v) is 4.04. The average molecular weight is 152 g/mol.